The third kappa shape index (κ3) is 5.39. The summed E-state index contributed by atoms with van der Waals surface area (Å²) in [5.74, 6) is 2.86. The number of nitrogens with zero attached hydrogens (tertiary/aromatic N) is 3. The molecule has 1 spiro atoms. The first-order valence-electron chi connectivity index (χ1n) is 8.83. The van der Waals surface area contributed by atoms with Crippen LogP contribution in [0, 0.1) is 0 Å². The van der Waals surface area contributed by atoms with Gasteiger partial charge in [-0.1, -0.05) is 25.3 Å². The van der Waals surface area contributed by atoms with E-state index in [1.54, 1.807) is 7.11 Å². The van der Waals surface area contributed by atoms with E-state index in [1.807, 2.05) is 25.4 Å². The van der Waals surface area contributed by atoms with Crippen molar-refractivity contribution in [3.05, 3.63) is 23.9 Å². The van der Waals surface area contributed by atoms with Gasteiger partial charge in [0.05, 0.1) is 7.11 Å². The smallest absolute Gasteiger partial charge is 0.212 e. The summed E-state index contributed by atoms with van der Waals surface area (Å²) >= 11 is 2.19. The van der Waals surface area contributed by atoms with Gasteiger partial charge in [0.1, 0.15) is 0 Å². The highest BCUT2D eigenvalue weighted by Crippen LogP contribution is 2.42. The summed E-state index contributed by atoms with van der Waals surface area (Å²) < 4.78 is 5.56. The molecule has 1 N–H and O–H groups in total. The molecule has 1 saturated heterocycles. The van der Waals surface area contributed by atoms with Crippen molar-refractivity contribution in [3.63, 3.8) is 0 Å². The molecule has 25 heavy (non-hydrogen) atoms. The monoisotopic (exact) mass is 476 g/mol. The molecule has 0 atom stereocenters. The Morgan fingerprint density at radius 2 is 2.16 bits per heavy atom. The van der Waals surface area contributed by atoms with Gasteiger partial charge in [0.15, 0.2) is 5.96 Å². The molecule has 1 aliphatic carbocycles. The van der Waals surface area contributed by atoms with Crippen molar-refractivity contribution in [2.75, 3.05) is 33.0 Å². The van der Waals surface area contributed by atoms with Gasteiger partial charge in [-0.25, -0.2) is 4.98 Å². The highest BCUT2D eigenvalue weighted by atomic mass is 127. The van der Waals surface area contributed by atoms with E-state index in [1.165, 1.54) is 37.9 Å². The maximum Gasteiger partial charge on any atom is 0.212 e. The number of thioether (sulfide) groups is 1. The van der Waals surface area contributed by atoms with Crippen LogP contribution >= 0.6 is 35.7 Å². The lowest BCUT2D eigenvalue weighted by Crippen LogP contribution is -2.53. The Morgan fingerprint density at radius 1 is 1.36 bits per heavy atom. The number of guanidine groups is 1. The molecule has 1 saturated carbocycles. The fourth-order valence-corrected chi connectivity index (χ4v) is 5.24. The molecule has 3 rings (SSSR count). The van der Waals surface area contributed by atoms with E-state index >= 15 is 0 Å². The predicted molar refractivity (Wildman–Crippen MR) is 116 cm³/mol. The zero-order valence-corrected chi connectivity index (χ0v) is 18.3. The SMILES string of the molecule is CN=C(NCc1ccc(OC)nc1)N1CCSC2(CCCCC2)C1.I. The van der Waals surface area contributed by atoms with Gasteiger partial charge in [-0.3, -0.25) is 4.99 Å². The lowest BCUT2D eigenvalue weighted by molar-refractivity contribution is 0.293. The van der Waals surface area contributed by atoms with Gasteiger partial charge in [-0.2, -0.15) is 11.8 Å². The summed E-state index contributed by atoms with van der Waals surface area (Å²) in [4.78, 5) is 11.2. The van der Waals surface area contributed by atoms with Gasteiger partial charge < -0.3 is 15.0 Å². The number of ether oxygens (including phenoxy) is 1. The molecular weight excluding hydrogens is 447 g/mol. The maximum atomic E-state index is 5.11. The van der Waals surface area contributed by atoms with E-state index in [0.717, 1.165) is 31.2 Å². The summed E-state index contributed by atoms with van der Waals surface area (Å²) in [6.07, 6.45) is 8.73. The molecule has 140 valence electrons. The van der Waals surface area contributed by atoms with Crippen LogP contribution < -0.4 is 10.1 Å². The summed E-state index contributed by atoms with van der Waals surface area (Å²) in [5.41, 5.74) is 1.13. The summed E-state index contributed by atoms with van der Waals surface area (Å²) in [6, 6.07) is 3.94. The van der Waals surface area contributed by atoms with E-state index in [9.17, 15) is 0 Å². The third-order valence-electron chi connectivity index (χ3n) is 4.98. The van der Waals surface area contributed by atoms with Crippen molar-refractivity contribution in [1.82, 2.24) is 15.2 Å². The number of pyridine rings is 1. The van der Waals surface area contributed by atoms with Crippen molar-refractivity contribution >= 4 is 41.7 Å². The molecule has 5 nitrogen and oxygen atoms in total. The van der Waals surface area contributed by atoms with Crippen molar-refractivity contribution in [1.29, 1.82) is 0 Å². The molecule has 2 heterocycles. The van der Waals surface area contributed by atoms with Crippen LogP contribution in [-0.4, -0.2) is 53.6 Å². The van der Waals surface area contributed by atoms with Crippen LogP contribution in [0.15, 0.2) is 23.3 Å². The van der Waals surface area contributed by atoms with Gasteiger partial charge in [-0.05, 0) is 18.4 Å². The maximum absolute atomic E-state index is 5.11. The normalized spacial score (nSPS) is 20.1. The number of nitrogens with one attached hydrogen (secondary N) is 1. The van der Waals surface area contributed by atoms with Crippen LogP contribution in [0.2, 0.25) is 0 Å². The summed E-state index contributed by atoms with van der Waals surface area (Å²) in [7, 11) is 3.52. The molecule has 0 unspecified atom stereocenters. The molecule has 7 heteroatoms. The van der Waals surface area contributed by atoms with Crippen LogP contribution in [-0.2, 0) is 6.54 Å². The second-order valence-corrected chi connectivity index (χ2v) is 8.19. The minimum absolute atomic E-state index is 0. The summed E-state index contributed by atoms with van der Waals surface area (Å²) in [5, 5.41) is 3.50. The number of halogens is 1. The number of hydrogen-bond acceptors (Lipinski definition) is 4. The van der Waals surface area contributed by atoms with E-state index in [2.05, 4.69) is 32.0 Å². The van der Waals surface area contributed by atoms with Gasteiger partial charge in [0.25, 0.3) is 0 Å². The van der Waals surface area contributed by atoms with Crippen LogP contribution in [0.1, 0.15) is 37.7 Å². The standard InChI is InChI=1S/C18H28N4OS.HI/c1-19-17(21-13-15-6-7-16(23-2)20-12-15)22-10-11-24-18(14-22)8-4-3-5-9-18;/h6-7,12H,3-5,8-11,13-14H2,1-2H3,(H,19,21);1H. The molecule has 1 aliphatic heterocycles. The first-order valence-corrected chi connectivity index (χ1v) is 9.82. The van der Waals surface area contributed by atoms with E-state index in [-0.39, 0.29) is 24.0 Å². The lowest BCUT2D eigenvalue weighted by atomic mass is 9.87. The lowest BCUT2D eigenvalue weighted by Gasteiger charge is -2.45. The number of hydrogen-bond donors (Lipinski definition) is 1. The molecule has 1 aromatic heterocycles. The van der Waals surface area contributed by atoms with Gasteiger partial charge in [0.2, 0.25) is 5.88 Å². The topological polar surface area (TPSA) is 49.8 Å². The van der Waals surface area contributed by atoms with Crippen LogP contribution in [0.5, 0.6) is 5.88 Å². The van der Waals surface area contributed by atoms with Crippen molar-refractivity contribution in [3.8, 4) is 5.88 Å². The fraction of sp³-hybridized carbons (Fsp3) is 0.667. The fourth-order valence-electron chi connectivity index (χ4n) is 3.67. The zero-order chi connectivity index (χ0) is 16.8. The first-order chi connectivity index (χ1) is 11.7. The predicted octanol–water partition coefficient (Wildman–Crippen LogP) is 3.54. The Kier molecular flexibility index (Phi) is 8.12. The quantitative estimate of drug-likeness (QED) is 0.411. The van der Waals surface area contributed by atoms with Gasteiger partial charge in [-0.15, -0.1) is 24.0 Å². The van der Waals surface area contributed by atoms with Crippen molar-refractivity contribution < 1.29 is 4.74 Å². The molecule has 0 radical (unpaired) electrons. The van der Waals surface area contributed by atoms with E-state index in [0.29, 0.717) is 10.6 Å². The molecular formula is C18H29IN4OS. The average molecular weight is 476 g/mol. The highest BCUT2D eigenvalue weighted by Gasteiger charge is 2.38. The number of methoxy groups -OCH3 is 1. The number of aromatic nitrogens is 1. The third-order valence-corrected chi connectivity index (χ3v) is 6.52. The van der Waals surface area contributed by atoms with Gasteiger partial charge >= 0.3 is 0 Å². The van der Waals surface area contributed by atoms with Crippen LogP contribution in [0.4, 0.5) is 0 Å². The van der Waals surface area contributed by atoms with Crippen LogP contribution in [0.25, 0.3) is 0 Å². The Hall–Kier alpha value is -0.700. The Bertz CT molecular complexity index is 555. The first kappa shape index (κ1) is 20.6. The second kappa shape index (κ2) is 9.85. The van der Waals surface area contributed by atoms with Gasteiger partial charge in [0, 0.05) is 49.4 Å². The highest BCUT2D eigenvalue weighted by molar-refractivity contribution is 14.0. The molecule has 0 amide bonds. The number of rotatable bonds is 3. The minimum Gasteiger partial charge on any atom is -0.481 e. The minimum atomic E-state index is 0. The van der Waals surface area contributed by atoms with Crippen LogP contribution in [0.3, 0.4) is 0 Å². The van der Waals surface area contributed by atoms with Crippen molar-refractivity contribution in [2.45, 2.75) is 43.4 Å². The zero-order valence-electron chi connectivity index (χ0n) is 15.2. The summed E-state index contributed by atoms with van der Waals surface area (Å²) in [6.45, 7) is 2.94. The second-order valence-electron chi connectivity index (χ2n) is 6.62. The largest absolute Gasteiger partial charge is 0.481 e. The molecule has 1 aromatic rings. The molecule has 2 aliphatic rings. The Morgan fingerprint density at radius 3 is 2.80 bits per heavy atom. The van der Waals surface area contributed by atoms with E-state index < -0.39 is 0 Å². The molecule has 0 aromatic carbocycles. The van der Waals surface area contributed by atoms with E-state index in [4.69, 9.17) is 4.74 Å². The Labute approximate surface area is 172 Å². The van der Waals surface area contributed by atoms with Crippen molar-refractivity contribution in [2.24, 2.45) is 4.99 Å². The number of aliphatic imine (C=N–C) groups is 1. The Balaban J connectivity index is 0.00000225. The molecule has 0 bridgehead atoms. The molecule has 2 fully saturated rings. The average Bonchev–Trinajstić information content (AvgIpc) is 2.63.